The van der Waals surface area contributed by atoms with Gasteiger partial charge in [-0.25, -0.2) is 4.79 Å². The van der Waals surface area contributed by atoms with Crippen LogP contribution in [0.25, 0.3) is 0 Å². The molecule has 0 amide bonds. The van der Waals surface area contributed by atoms with Crippen molar-refractivity contribution in [3.8, 4) is 0 Å². The van der Waals surface area contributed by atoms with Crippen molar-refractivity contribution >= 4 is 5.97 Å². The van der Waals surface area contributed by atoms with Gasteiger partial charge in [-0.3, -0.25) is 0 Å². The minimum Gasteiger partial charge on any atom is -0.458 e. The third-order valence-electron chi connectivity index (χ3n) is 19.6. The second kappa shape index (κ2) is 17.7. The number of fused-ring (bicyclic) bond motifs is 2. The zero-order valence-corrected chi connectivity index (χ0v) is 38.6. The number of aliphatic hydroxyl groups excluding tert-OH is 11. The van der Waals surface area contributed by atoms with E-state index in [1.807, 2.05) is 13.0 Å². The molecule has 0 unspecified atom stereocenters. The molecule has 19 nitrogen and oxygen atoms in total. The van der Waals surface area contributed by atoms with Crippen molar-refractivity contribution in [1.82, 2.24) is 0 Å². The summed E-state index contributed by atoms with van der Waals surface area (Å²) in [5.74, 6) is 0.0703. The van der Waals surface area contributed by atoms with Crippen LogP contribution in [0.3, 0.4) is 0 Å². The van der Waals surface area contributed by atoms with E-state index in [0.29, 0.717) is 30.8 Å². The lowest BCUT2D eigenvalue weighted by molar-refractivity contribution is -0.384. The Kier molecular flexibility index (Phi) is 13.3. The van der Waals surface area contributed by atoms with Crippen LogP contribution in [0.4, 0.5) is 0 Å². The van der Waals surface area contributed by atoms with Gasteiger partial charge in [0.15, 0.2) is 18.9 Å². The van der Waals surface area contributed by atoms with Crippen LogP contribution >= 0.6 is 0 Å². The van der Waals surface area contributed by atoms with Gasteiger partial charge >= 0.3 is 5.97 Å². The molecule has 9 rings (SSSR count). The zero-order valence-electron chi connectivity index (χ0n) is 38.6. The lowest BCUT2D eigenvalue weighted by Crippen LogP contribution is -2.66. The number of ether oxygens (including phenoxy) is 7. The molecule has 8 fully saturated rings. The third kappa shape index (κ3) is 7.26. The van der Waals surface area contributed by atoms with Gasteiger partial charge in [-0.05, 0) is 104 Å². The predicted octanol–water partition coefficient (Wildman–Crippen LogP) is -1.26. The van der Waals surface area contributed by atoms with E-state index in [0.717, 1.165) is 38.5 Å². The molecule has 0 bridgehead atoms. The molecule has 2 spiro atoms. The van der Waals surface area contributed by atoms with Crippen molar-refractivity contribution in [3.63, 3.8) is 0 Å². The number of hydrogen-bond donors (Lipinski definition) is 11. The van der Waals surface area contributed by atoms with Crippen LogP contribution in [0.5, 0.6) is 0 Å². The van der Waals surface area contributed by atoms with E-state index in [9.17, 15) is 61.0 Å². The fourth-order valence-corrected chi connectivity index (χ4v) is 15.9. The quantitative estimate of drug-likeness (QED) is 0.0851. The zero-order chi connectivity index (χ0) is 47.6. The summed E-state index contributed by atoms with van der Waals surface area (Å²) in [7, 11) is 0. The second-order valence-electron chi connectivity index (χ2n) is 22.4. The van der Waals surface area contributed by atoms with E-state index in [-0.39, 0.29) is 64.7 Å². The number of carbonyl (C=O) groups is 1. The highest BCUT2D eigenvalue weighted by Crippen LogP contribution is 2.89. The van der Waals surface area contributed by atoms with Crippen molar-refractivity contribution in [2.75, 3.05) is 26.4 Å². The highest BCUT2D eigenvalue weighted by atomic mass is 16.8. The average Bonchev–Trinajstić information content (AvgIpc) is 3.91. The number of esters is 1. The van der Waals surface area contributed by atoms with Crippen LogP contribution in [0.2, 0.25) is 0 Å². The van der Waals surface area contributed by atoms with Gasteiger partial charge in [-0.15, -0.1) is 0 Å². The van der Waals surface area contributed by atoms with Gasteiger partial charge in [0.25, 0.3) is 0 Å². The molecular formula is C47H74O19. The van der Waals surface area contributed by atoms with E-state index in [1.54, 1.807) is 6.92 Å². The number of carbonyl (C=O) groups excluding carboxylic acids is 1. The van der Waals surface area contributed by atoms with Gasteiger partial charge in [-0.1, -0.05) is 33.8 Å². The Labute approximate surface area is 384 Å². The maximum absolute atomic E-state index is 12.6. The number of cyclic esters (lactones) is 1. The number of aliphatic hydroxyl groups is 11. The first-order valence-electron chi connectivity index (χ1n) is 24.2. The Bertz CT molecular complexity index is 1820. The highest BCUT2D eigenvalue weighted by Gasteiger charge is 2.83. The molecule has 19 heteroatoms. The van der Waals surface area contributed by atoms with Crippen LogP contribution in [-0.4, -0.2) is 193 Å². The Hall–Kier alpha value is -1.47. The Morgan fingerprint density at radius 2 is 1.33 bits per heavy atom. The molecular weight excluding hydrogens is 868 g/mol. The van der Waals surface area contributed by atoms with Gasteiger partial charge < -0.3 is 89.3 Å². The third-order valence-corrected chi connectivity index (χ3v) is 19.6. The summed E-state index contributed by atoms with van der Waals surface area (Å²) in [6.07, 6.45) is -14.9. The molecule has 4 aliphatic heterocycles. The summed E-state index contributed by atoms with van der Waals surface area (Å²) < 4.78 is 41.7. The van der Waals surface area contributed by atoms with Gasteiger partial charge in [-0.2, -0.15) is 0 Å². The molecule has 0 radical (unpaired) electrons. The fourth-order valence-electron chi connectivity index (χ4n) is 15.9. The molecule has 9 aliphatic rings. The van der Waals surface area contributed by atoms with Crippen molar-refractivity contribution < 1.29 is 94.1 Å². The molecule has 376 valence electrons. The van der Waals surface area contributed by atoms with E-state index in [4.69, 9.17) is 33.2 Å². The topological polar surface area (TPSA) is 304 Å². The molecule has 3 saturated heterocycles. The Morgan fingerprint density at radius 1 is 0.697 bits per heavy atom. The molecule has 5 aliphatic carbocycles. The van der Waals surface area contributed by atoms with Gasteiger partial charge in [0.2, 0.25) is 0 Å². The predicted molar refractivity (Wildman–Crippen MR) is 225 cm³/mol. The fraction of sp³-hybridized carbons (Fsp3) is 0.936. The van der Waals surface area contributed by atoms with Gasteiger partial charge in [0.05, 0.1) is 38.6 Å². The van der Waals surface area contributed by atoms with E-state index in [1.165, 1.54) is 0 Å². The molecule has 4 heterocycles. The standard InChI is InChI=1S/C47H74O19/c1-20-6-7-24(61-39(20)59)21(2)30-22(51)14-45(5)28-9-8-27-43(3,19-50)29(10-11-46(27)18-47(28,46)13-12-44(30,45)4)64-42-38(31(53)23(52)17-60-42)66-41-36(58)34(56)37(26(16-49)63-41)65-40-35(57)33(55)32(54)25(15-48)62-40/h6,21-38,40-42,48-58H,7-19H2,1-5H3/t21-,22-,23+,24-,25+,26-,27-,28+,29+,30+,31-,32-,33+,34+,35+,36-,37-,38-,40+,41-,42-,43-,44-,45-,46-,47+/m0/s1. The summed E-state index contributed by atoms with van der Waals surface area (Å²) in [4.78, 5) is 12.6. The van der Waals surface area contributed by atoms with Gasteiger partial charge in [0.1, 0.15) is 73.2 Å². The molecule has 5 saturated carbocycles. The first-order valence-corrected chi connectivity index (χ1v) is 24.2. The number of rotatable bonds is 11. The van der Waals surface area contributed by atoms with Crippen molar-refractivity contribution in [3.05, 3.63) is 11.6 Å². The number of hydrogen-bond acceptors (Lipinski definition) is 19. The Balaban J connectivity index is 0.896. The van der Waals surface area contributed by atoms with E-state index < -0.39 is 117 Å². The summed E-state index contributed by atoms with van der Waals surface area (Å²) in [5, 5.41) is 119. The van der Waals surface area contributed by atoms with Crippen LogP contribution < -0.4 is 0 Å². The average molecular weight is 943 g/mol. The first kappa shape index (κ1) is 49.5. The van der Waals surface area contributed by atoms with Crippen LogP contribution in [0.1, 0.15) is 92.4 Å². The minimum atomic E-state index is -1.92. The lowest BCUT2D eigenvalue weighted by atomic mass is 9.41. The normalized spacial score (nSPS) is 56.2. The molecule has 66 heavy (non-hydrogen) atoms. The summed E-state index contributed by atoms with van der Waals surface area (Å²) in [6.45, 7) is 8.63. The largest absolute Gasteiger partial charge is 0.458 e. The van der Waals surface area contributed by atoms with E-state index >= 15 is 0 Å². The summed E-state index contributed by atoms with van der Waals surface area (Å²) in [5.41, 5.74) is -0.520. The highest BCUT2D eigenvalue weighted by molar-refractivity contribution is 5.88. The molecule has 0 aromatic rings. The van der Waals surface area contributed by atoms with E-state index in [2.05, 4.69) is 20.8 Å². The monoisotopic (exact) mass is 942 g/mol. The second-order valence-corrected chi connectivity index (χ2v) is 22.4. The van der Waals surface area contributed by atoms with Crippen LogP contribution in [0, 0.1) is 50.7 Å². The van der Waals surface area contributed by atoms with Crippen LogP contribution in [-0.2, 0) is 38.0 Å². The molecule has 11 N–H and O–H groups in total. The van der Waals surface area contributed by atoms with Gasteiger partial charge in [0, 0.05) is 17.4 Å². The maximum atomic E-state index is 12.6. The molecule has 26 atom stereocenters. The Morgan fingerprint density at radius 3 is 2.00 bits per heavy atom. The van der Waals surface area contributed by atoms with Crippen molar-refractivity contribution in [2.45, 2.75) is 197 Å². The summed E-state index contributed by atoms with van der Waals surface area (Å²) in [6, 6.07) is 0. The SMILES string of the molecule is CC1=CC[C@@H]([C@H](C)[C@@H]2[C@@H](O)C[C@@]3(C)[C@H]4CC[C@H]5[C@](C)(CO)[C@H](O[C@@H]6OC[C@@H](O)[C@H](O)[C@@H]6O[C@@H]6O[C@@H](CO)[C@H](O[C@H]7O[C@H](CO)[C@H](O)[C@@H](O)[C@H]7O)[C@H](O)[C@@H]6O)CC[C@]56C[C@]46CC[C@@]23C)OC1=O. The van der Waals surface area contributed by atoms with Crippen molar-refractivity contribution in [1.29, 1.82) is 0 Å². The van der Waals surface area contributed by atoms with Crippen molar-refractivity contribution in [2.24, 2.45) is 50.7 Å². The first-order chi connectivity index (χ1) is 31.2. The lowest BCUT2D eigenvalue weighted by Gasteiger charge is -2.63. The minimum absolute atomic E-state index is 0.0245. The summed E-state index contributed by atoms with van der Waals surface area (Å²) >= 11 is 0. The molecule has 0 aromatic carbocycles. The smallest absolute Gasteiger partial charge is 0.333 e. The van der Waals surface area contributed by atoms with Crippen LogP contribution in [0.15, 0.2) is 11.6 Å². The maximum Gasteiger partial charge on any atom is 0.333 e. The molecule has 0 aromatic heterocycles.